The summed E-state index contributed by atoms with van der Waals surface area (Å²) in [5.74, 6) is 0.635. The summed E-state index contributed by atoms with van der Waals surface area (Å²) >= 11 is 0. The van der Waals surface area contributed by atoms with Crippen LogP contribution in [-0.4, -0.2) is 22.5 Å². The molecule has 2 aromatic carbocycles. The van der Waals surface area contributed by atoms with Gasteiger partial charge in [-0.25, -0.2) is 9.97 Å². The lowest BCUT2D eigenvalue weighted by atomic mass is 10.1. The number of nitrogens with one attached hydrogen (secondary N) is 2. The van der Waals surface area contributed by atoms with Gasteiger partial charge in [-0.05, 0) is 17.7 Å². The molecule has 0 unspecified atom stereocenters. The van der Waals surface area contributed by atoms with E-state index in [-0.39, 0.29) is 12.5 Å². The van der Waals surface area contributed by atoms with Gasteiger partial charge in [0.05, 0.1) is 0 Å². The number of hydrogen-bond acceptors (Lipinski definition) is 5. The maximum absolute atomic E-state index is 11.9. The van der Waals surface area contributed by atoms with Gasteiger partial charge in [-0.1, -0.05) is 48.5 Å². The second kappa shape index (κ2) is 7.73. The quantitative estimate of drug-likeness (QED) is 0.683. The molecule has 1 amide bonds. The van der Waals surface area contributed by atoms with Crippen molar-refractivity contribution in [1.29, 1.82) is 0 Å². The van der Waals surface area contributed by atoms with Crippen LogP contribution >= 0.6 is 0 Å². The molecule has 0 spiro atoms. The van der Waals surface area contributed by atoms with Gasteiger partial charge in [0.15, 0.2) is 6.61 Å². The van der Waals surface area contributed by atoms with Crippen LogP contribution in [0, 0.1) is 0 Å². The van der Waals surface area contributed by atoms with Crippen LogP contribution < -0.4 is 15.6 Å². The highest BCUT2D eigenvalue weighted by molar-refractivity contribution is 5.79. The summed E-state index contributed by atoms with van der Waals surface area (Å²) in [5, 5.41) is 0. The third-order valence-electron chi connectivity index (χ3n) is 3.21. The number of amides is 1. The molecule has 1 heterocycles. The molecule has 1 aromatic heterocycles. The van der Waals surface area contributed by atoms with E-state index < -0.39 is 0 Å². The van der Waals surface area contributed by atoms with Gasteiger partial charge in [0.2, 0.25) is 5.95 Å². The third kappa shape index (κ3) is 4.07. The van der Waals surface area contributed by atoms with Gasteiger partial charge in [-0.3, -0.25) is 15.6 Å². The molecule has 6 nitrogen and oxygen atoms in total. The summed E-state index contributed by atoms with van der Waals surface area (Å²) in [6.07, 6.45) is 3.15. The Balaban J connectivity index is 1.60. The number of ether oxygens (including phenoxy) is 1. The Morgan fingerprint density at radius 1 is 0.917 bits per heavy atom. The fourth-order valence-corrected chi connectivity index (χ4v) is 2.12. The highest BCUT2D eigenvalue weighted by Gasteiger charge is 2.08. The molecule has 0 aliphatic heterocycles. The van der Waals surface area contributed by atoms with Crippen LogP contribution in [0.3, 0.4) is 0 Å². The van der Waals surface area contributed by atoms with Gasteiger partial charge in [0.25, 0.3) is 5.91 Å². The molecule has 0 aliphatic rings. The van der Waals surface area contributed by atoms with Crippen molar-refractivity contribution < 1.29 is 9.53 Å². The number of hydrazine groups is 1. The molecule has 0 saturated carbocycles. The zero-order valence-electron chi connectivity index (χ0n) is 12.8. The number of aromatic nitrogens is 2. The minimum absolute atomic E-state index is 0.121. The smallest absolute Gasteiger partial charge is 0.276 e. The average molecular weight is 320 g/mol. The van der Waals surface area contributed by atoms with E-state index in [9.17, 15) is 4.79 Å². The summed E-state index contributed by atoms with van der Waals surface area (Å²) < 4.78 is 5.65. The number of nitrogens with zero attached hydrogens (tertiary/aromatic N) is 2. The summed E-state index contributed by atoms with van der Waals surface area (Å²) in [6.45, 7) is -0.121. The lowest BCUT2D eigenvalue weighted by Crippen LogP contribution is -2.34. The van der Waals surface area contributed by atoms with E-state index in [1.165, 1.54) is 0 Å². The monoisotopic (exact) mass is 320 g/mol. The second-order valence-electron chi connectivity index (χ2n) is 4.90. The first-order valence-electron chi connectivity index (χ1n) is 7.42. The number of carbonyl (C=O) groups excluding carboxylic acids is 1. The number of rotatable bonds is 6. The Hall–Kier alpha value is -3.41. The summed E-state index contributed by atoms with van der Waals surface area (Å²) in [7, 11) is 0. The van der Waals surface area contributed by atoms with E-state index in [4.69, 9.17) is 4.74 Å². The van der Waals surface area contributed by atoms with Crippen molar-refractivity contribution in [3.8, 4) is 16.9 Å². The lowest BCUT2D eigenvalue weighted by molar-refractivity contribution is -0.122. The standard InChI is InChI=1S/C18H16N4O2/c23-17(21-22-18-19-11-6-12-20-18)13-24-16-10-5-4-9-15(16)14-7-2-1-3-8-14/h1-12H,13H2,(H,21,23)(H,19,20,22). The van der Waals surface area contributed by atoms with Gasteiger partial charge in [0, 0.05) is 18.0 Å². The maximum Gasteiger partial charge on any atom is 0.276 e. The number of para-hydroxylation sites is 1. The molecule has 0 saturated heterocycles. The summed E-state index contributed by atoms with van der Waals surface area (Å²) in [5.41, 5.74) is 7.08. The van der Waals surface area contributed by atoms with Crippen molar-refractivity contribution in [1.82, 2.24) is 15.4 Å². The van der Waals surface area contributed by atoms with Gasteiger partial charge >= 0.3 is 0 Å². The molecular weight excluding hydrogens is 304 g/mol. The molecule has 0 bridgehead atoms. The summed E-state index contributed by atoms with van der Waals surface area (Å²) in [6, 6.07) is 19.2. The van der Waals surface area contributed by atoms with Crippen molar-refractivity contribution in [3.05, 3.63) is 73.1 Å². The van der Waals surface area contributed by atoms with Crippen LogP contribution in [0.5, 0.6) is 5.75 Å². The number of carbonyl (C=O) groups is 1. The Morgan fingerprint density at radius 2 is 1.62 bits per heavy atom. The van der Waals surface area contributed by atoms with E-state index in [2.05, 4.69) is 20.8 Å². The van der Waals surface area contributed by atoms with Crippen molar-refractivity contribution in [2.75, 3.05) is 12.0 Å². The Kier molecular flexibility index (Phi) is 4.99. The van der Waals surface area contributed by atoms with Crippen LogP contribution in [0.15, 0.2) is 73.1 Å². The van der Waals surface area contributed by atoms with Gasteiger partial charge < -0.3 is 4.74 Å². The van der Waals surface area contributed by atoms with E-state index in [0.717, 1.165) is 11.1 Å². The van der Waals surface area contributed by atoms with Gasteiger partial charge in [0.1, 0.15) is 5.75 Å². The average Bonchev–Trinajstić information content (AvgIpc) is 2.66. The molecule has 0 aliphatic carbocycles. The molecule has 0 atom stereocenters. The second-order valence-corrected chi connectivity index (χ2v) is 4.90. The zero-order valence-corrected chi connectivity index (χ0v) is 12.8. The zero-order chi connectivity index (χ0) is 16.6. The fourth-order valence-electron chi connectivity index (χ4n) is 2.12. The lowest BCUT2D eigenvalue weighted by Gasteiger charge is -2.12. The van der Waals surface area contributed by atoms with Crippen molar-refractivity contribution in [2.24, 2.45) is 0 Å². The first-order chi connectivity index (χ1) is 11.8. The van der Waals surface area contributed by atoms with Crippen molar-refractivity contribution >= 4 is 11.9 Å². The maximum atomic E-state index is 11.9. The summed E-state index contributed by atoms with van der Waals surface area (Å²) in [4.78, 5) is 19.8. The van der Waals surface area contributed by atoms with E-state index in [1.54, 1.807) is 18.5 Å². The van der Waals surface area contributed by atoms with E-state index in [0.29, 0.717) is 11.7 Å². The molecule has 3 aromatic rings. The van der Waals surface area contributed by atoms with Crippen LogP contribution in [0.25, 0.3) is 11.1 Å². The van der Waals surface area contributed by atoms with Crippen LogP contribution in [0.2, 0.25) is 0 Å². The van der Waals surface area contributed by atoms with Crippen LogP contribution in [0.1, 0.15) is 0 Å². The highest BCUT2D eigenvalue weighted by atomic mass is 16.5. The SMILES string of the molecule is O=C(COc1ccccc1-c1ccccc1)NNc1ncccn1. The van der Waals surface area contributed by atoms with Gasteiger partial charge in [-0.15, -0.1) is 0 Å². The molecule has 24 heavy (non-hydrogen) atoms. The van der Waals surface area contributed by atoms with Crippen molar-refractivity contribution in [2.45, 2.75) is 0 Å². The van der Waals surface area contributed by atoms with Crippen molar-refractivity contribution in [3.63, 3.8) is 0 Å². The molecule has 6 heteroatoms. The first-order valence-corrected chi connectivity index (χ1v) is 7.42. The minimum Gasteiger partial charge on any atom is -0.483 e. The molecule has 0 fully saturated rings. The predicted molar refractivity (Wildman–Crippen MR) is 91.2 cm³/mol. The first kappa shape index (κ1) is 15.5. The van der Waals surface area contributed by atoms with Gasteiger partial charge in [-0.2, -0.15) is 0 Å². The number of anilines is 1. The molecule has 120 valence electrons. The largest absolute Gasteiger partial charge is 0.483 e. The van der Waals surface area contributed by atoms with Crippen LogP contribution in [-0.2, 0) is 4.79 Å². The Bertz CT molecular complexity index is 794. The Labute approximate surface area is 139 Å². The molecular formula is C18H16N4O2. The normalized spacial score (nSPS) is 10.0. The highest BCUT2D eigenvalue weighted by Crippen LogP contribution is 2.29. The van der Waals surface area contributed by atoms with E-state index in [1.807, 2.05) is 54.6 Å². The Morgan fingerprint density at radius 3 is 2.42 bits per heavy atom. The third-order valence-corrected chi connectivity index (χ3v) is 3.21. The van der Waals surface area contributed by atoms with E-state index >= 15 is 0 Å². The minimum atomic E-state index is -0.328. The molecule has 3 rings (SSSR count). The fraction of sp³-hybridized carbons (Fsp3) is 0.0556. The molecule has 2 N–H and O–H groups in total. The van der Waals surface area contributed by atoms with Crippen LogP contribution in [0.4, 0.5) is 5.95 Å². The topological polar surface area (TPSA) is 76.1 Å². The number of benzene rings is 2. The predicted octanol–water partition coefficient (Wildman–Crippen LogP) is 2.67. The number of hydrogen-bond donors (Lipinski definition) is 2. The molecule has 0 radical (unpaired) electrons.